The van der Waals surface area contributed by atoms with Crippen LogP contribution in [0.5, 0.6) is 5.95 Å². The van der Waals surface area contributed by atoms with Gasteiger partial charge in [0.05, 0.1) is 24.8 Å². The van der Waals surface area contributed by atoms with E-state index in [2.05, 4.69) is 10.3 Å². The minimum absolute atomic E-state index is 0.161. The van der Waals surface area contributed by atoms with Gasteiger partial charge in [0.1, 0.15) is 0 Å². The summed E-state index contributed by atoms with van der Waals surface area (Å²) in [4.78, 5) is 17.1. The summed E-state index contributed by atoms with van der Waals surface area (Å²) < 4.78 is 10.3. The summed E-state index contributed by atoms with van der Waals surface area (Å²) in [5.74, 6) is 0.334. The van der Waals surface area contributed by atoms with Crippen molar-refractivity contribution in [2.45, 2.75) is 25.0 Å². The Morgan fingerprint density at radius 1 is 1.31 bits per heavy atom. The van der Waals surface area contributed by atoms with Gasteiger partial charge in [0.25, 0.3) is 11.9 Å². The van der Waals surface area contributed by atoms with Crippen molar-refractivity contribution in [1.29, 1.82) is 0 Å². The van der Waals surface area contributed by atoms with Gasteiger partial charge in [-0.1, -0.05) is 18.2 Å². The zero-order valence-corrected chi connectivity index (χ0v) is 14.4. The quantitative estimate of drug-likeness (QED) is 0.737. The molecule has 1 amide bonds. The Balaban J connectivity index is 1.62. The van der Waals surface area contributed by atoms with Crippen molar-refractivity contribution in [2.24, 2.45) is 5.92 Å². The molecule has 0 unspecified atom stereocenters. The summed E-state index contributed by atoms with van der Waals surface area (Å²) in [6, 6.07) is 12.9. The Labute approximate surface area is 150 Å². The molecule has 2 heterocycles. The number of hydrogen-bond donors (Lipinski definition) is 2. The van der Waals surface area contributed by atoms with Crippen molar-refractivity contribution in [3.8, 4) is 5.95 Å². The van der Waals surface area contributed by atoms with Crippen molar-refractivity contribution in [3.05, 3.63) is 60.0 Å². The maximum absolute atomic E-state index is 12.6. The van der Waals surface area contributed by atoms with Crippen LogP contribution in [0.25, 0.3) is 10.9 Å². The minimum atomic E-state index is -0.312. The number of nitrogens with zero attached hydrogens (tertiary/aromatic N) is 1. The van der Waals surface area contributed by atoms with E-state index < -0.39 is 0 Å². The maximum Gasteiger partial charge on any atom is 0.287 e. The number of fused-ring (bicyclic) bond motifs is 1. The number of nitrogens with one attached hydrogen (secondary N) is 1. The number of amides is 1. The van der Waals surface area contributed by atoms with E-state index in [0.717, 1.165) is 16.5 Å². The van der Waals surface area contributed by atoms with Gasteiger partial charge in [-0.25, -0.2) is 0 Å². The fourth-order valence-corrected chi connectivity index (χ4v) is 3.40. The van der Waals surface area contributed by atoms with Crippen molar-refractivity contribution >= 4 is 16.8 Å². The smallest absolute Gasteiger partial charge is 0.287 e. The second kappa shape index (κ2) is 6.80. The van der Waals surface area contributed by atoms with Gasteiger partial charge in [-0.05, 0) is 42.5 Å². The van der Waals surface area contributed by atoms with Gasteiger partial charge in [-0.15, -0.1) is 0 Å². The van der Waals surface area contributed by atoms with Gasteiger partial charge in [0.2, 0.25) is 0 Å². The van der Waals surface area contributed by atoms with Crippen LogP contribution in [0.3, 0.4) is 0 Å². The first-order chi connectivity index (χ1) is 12.6. The third-order valence-corrected chi connectivity index (χ3v) is 4.88. The van der Waals surface area contributed by atoms with Crippen LogP contribution in [0, 0.1) is 5.92 Å². The number of aliphatic hydroxyl groups is 1. The molecule has 0 radical (unpaired) electrons. The Hall–Kier alpha value is -2.86. The molecule has 1 fully saturated rings. The molecule has 6 heteroatoms. The number of rotatable bonds is 5. The summed E-state index contributed by atoms with van der Waals surface area (Å²) in [7, 11) is 1.49. The predicted octanol–water partition coefficient (Wildman–Crippen LogP) is 3.08. The second-order valence-corrected chi connectivity index (χ2v) is 6.62. The van der Waals surface area contributed by atoms with Crippen LogP contribution in [0.15, 0.2) is 53.1 Å². The van der Waals surface area contributed by atoms with E-state index in [4.69, 9.17) is 9.15 Å². The lowest BCUT2D eigenvalue weighted by atomic mass is 9.75. The number of benzene rings is 1. The van der Waals surface area contributed by atoms with Gasteiger partial charge in [0, 0.05) is 17.6 Å². The summed E-state index contributed by atoms with van der Waals surface area (Å²) in [6.07, 6.45) is 2.79. The molecule has 134 valence electrons. The van der Waals surface area contributed by atoms with Crippen LogP contribution < -0.4 is 10.1 Å². The number of pyridine rings is 1. The van der Waals surface area contributed by atoms with Crippen LogP contribution in [-0.4, -0.2) is 29.2 Å². The summed E-state index contributed by atoms with van der Waals surface area (Å²) in [5, 5.41) is 13.8. The molecule has 4 rings (SSSR count). The van der Waals surface area contributed by atoms with Crippen LogP contribution in [0.1, 0.15) is 35.0 Å². The number of carbonyl (C=O) groups is 1. The summed E-state index contributed by atoms with van der Waals surface area (Å²) in [5.41, 5.74) is 1.83. The van der Waals surface area contributed by atoms with E-state index in [9.17, 15) is 9.90 Å². The molecule has 2 aromatic heterocycles. The maximum atomic E-state index is 12.6. The third kappa shape index (κ3) is 3.15. The Kier molecular flexibility index (Phi) is 4.34. The monoisotopic (exact) mass is 352 g/mol. The zero-order valence-electron chi connectivity index (χ0n) is 14.4. The number of para-hydroxylation sites is 1. The molecular formula is C20H20N2O4. The van der Waals surface area contributed by atoms with Crippen molar-refractivity contribution < 1.29 is 19.1 Å². The fourth-order valence-electron chi connectivity index (χ4n) is 3.40. The Morgan fingerprint density at radius 2 is 2.12 bits per heavy atom. The summed E-state index contributed by atoms with van der Waals surface area (Å²) >= 11 is 0. The predicted molar refractivity (Wildman–Crippen MR) is 95.9 cm³/mol. The van der Waals surface area contributed by atoms with Gasteiger partial charge in [0.15, 0.2) is 5.76 Å². The molecule has 1 aliphatic carbocycles. The first-order valence-corrected chi connectivity index (χ1v) is 8.61. The highest BCUT2D eigenvalue weighted by Gasteiger charge is 2.36. The first kappa shape index (κ1) is 16.6. The molecule has 26 heavy (non-hydrogen) atoms. The number of furan rings is 1. The van der Waals surface area contributed by atoms with Gasteiger partial charge in [-0.2, -0.15) is 0 Å². The summed E-state index contributed by atoms with van der Waals surface area (Å²) in [6.45, 7) is 0. The highest BCUT2D eigenvalue weighted by atomic mass is 16.6. The standard InChI is InChI=1S/C20H20N2O4/c1-25-18-7-6-17(26-18)20(24)22-19(13-9-15(23)10-13)14-8-12-4-2-3-5-16(12)21-11-14/h2-8,11,13,15,19,23H,9-10H2,1H3,(H,22,24)/t13?,15?,19-/m1/s1. The van der Waals surface area contributed by atoms with Crippen LogP contribution in [-0.2, 0) is 0 Å². The van der Waals surface area contributed by atoms with Gasteiger partial charge in [-0.3, -0.25) is 9.78 Å². The molecule has 0 aliphatic heterocycles. The fraction of sp³-hybridized carbons (Fsp3) is 0.300. The molecule has 0 saturated heterocycles. The molecule has 6 nitrogen and oxygen atoms in total. The van der Waals surface area contributed by atoms with Gasteiger partial charge >= 0.3 is 0 Å². The molecule has 1 aromatic carbocycles. The molecule has 1 aliphatic rings. The lowest BCUT2D eigenvalue weighted by Crippen LogP contribution is -2.41. The highest BCUT2D eigenvalue weighted by molar-refractivity contribution is 5.92. The first-order valence-electron chi connectivity index (χ1n) is 8.61. The number of aromatic nitrogens is 1. The van der Waals surface area contributed by atoms with Crippen LogP contribution >= 0.6 is 0 Å². The van der Waals surface area contributed by atoms with Crippen molar-refractivity contribution in [1.82, 2.24) is 10.3 Å². The zero-order chi connectivity index (χ0) is 18.1. The number of hydrogen-bond acceptors (Lipinski definition) is 5. The number of aliphatic hydroxyl groups excluding tert-OH is 1. The number of methoxy groups -OCH3 is 1. The van der Waals surface area contributed by atoms with Crippen LogP contribution in [0.2, 0.25) is 0 Å². The van der Waals surface area contributed by atoms with E-state index in [0.29, 0.717) is 12.8 Å². The third-order valence-electron chi connectivity index (χ3n) is 4.88. The van der Waals surface area contributed by atoms with Crippen LogP contribution in [0.4, 0.5) is 0 Å². The molecule has 1 atom stereocenters. The number of carbonyl (C=O) groups excluding carboxylic acids is 1. The highest BCUT2D eigenvalue weighted by Crippen LogP contribution is 2.38. The average molecular weight is 352 g/mol. The van der Waals surface area contributed by atoms with E-state index in [1.54, 1.807) is 18.3 Å². The number of ether oxygens (including phenoxy) is 1. The molecule has 0 bridgehead atoms. The van der Waals surface area contributed by atoms with E-state index in [1.165, 1.54) is 7.11 Å². The molecule has 2 N–H and O–H groups in total. The van der Waals surface area contributed by atoms with Crippen molar-refractivity contribution in [3.63, 3.8) is 0 Å². The SMILES string of the molecule is COc1ccc(C(=O)N[C@@H](c2cnc3ccccc3c2)C2CC(O)C2)o1. The van der Waals surface area contributed by atoms with E-state index >= 15 is 0 Å². The average Bonchev–Trinajstić information content (AvgIpc) is 3.13. The molecule has 3 aromatic rings. The lowest BCUT2D eigenvalue weighted by molar-refractivity contribution is 0.0231. The van der Waals surface area contributed by atoms with Crippen molar-refractivity contribution in [2.75, 3.05) is 7.11 Å². The largest absolute Gasteiger partial charge is 0.468 e. The molecule has 0 spiro atoms. The lowest BCUT2D eigenvalue weighted by Gasteiger charge is -2.38. The van der Waals surface area contributed by atoms with E-state index in [1.807, 2.05) is 30.3 Å². The Bertz CT molecular complexity index is 930. The molecular weight excluding hydrogens is 332 g/mol. The van der Waals surface area contributed by atoms with Gasteiger partial charge < -0.3 is 19.6 Å². The second-order valence-electron chi connectivity index (χ2n) is 6.62. The molecule has 1 saturated carbocycles. The topological polar surface area (TPSA) is 84.6 Å². The normalized spacial score (nSPS) is 20.4. The van der Waals surface area contributed by atoms with E-state index in [-0.39, 0.29) is 35.7 Å². The minimum Gasteiger partial charge on any atom is -0.468 e. The Morgan fingerprint density at radius 3 is 2.85 bits per heavy atom.